The van der Waals surface area contributed by atoms with Gasteiger partial charge in [0.2, 0.25) is 0 Å². The Morgan fingerprint density at radius 1 is 1.39 bits per heavy atom. The molecule has 1 fully saturated rings. The highest BCUT2D eigenvalue weighted by Gasteiger charge is 2.32. The van der Waals surface area contributed by atoms with Gasteiger partial charge in [0.25, 0.3) is 5.91 Å². The average Bonchev–Trinajstić information content (AvgIpc) is 2.72. The molecule has 1 unspecified atom stereocenters. The van der Waals surface area contributed by atoms with Gasteiger partial charge in [-0.15, -0.1) is 0 Å². The number of aromatic nitrogens is 1. The Kier molecular flexibility index (Phi) is 7.56. The summed E-state index contributed by atoms with van der Waals surface area (Å²) in [6, 6.07) is 6.05. The van der Waals surface area contributed by atoms with Crippen LogP contribution in [0.1, 0.15) is 37.6 Å². The minimum atomic E-state index is -0.393. The molecule has 2 atom stereocenters. The van der Waals surface area contributed by atoms with E-state index >= 15 is 0 Å². The first-order valence-electron chi connectivity index (χ1n) is 10.7. The maximum atomic E-state index is 13.8. The zero-order valence-corrected chi connectivity index (χ0v) is 18.7. The third kappa shape index (κ3) is 5.77. The van der Waals surface area contributed by atoms with Crippen molar-refractivity contribution in [3.63, 3.8) is 0 Å². The summed E-state index contributed by atoms with van der Waals surface area (Å²) >= 11 is 0. The minimum absolute atomic E-state index is 0.0150. The van der Waals surface area contributed by atoms with E-state index in [1.807, 2.05) is 4.90 Å². The summed E-state index contributed by atoms with van der Waals surface area (Å²) in [7, 11) is 1.71. The maximum Gasteiger partial charge on any atom is 0.260 e. The van der Waals surface area contributed by atoms with E-state index in [1.165, 1.54) is 19.1 Å². The first-order valence-corrected chi connectivity index (χ1v) is 10.7. The van der Waals surface area contributed by atoms with Crippen LogP contribution in [0.5, 0.6) is 0 Å². The van der Waals surface area contributed by atoms with E-state index in [0.717, 1.165) is 19.5 Å². The number of anilines is 1. The number of amidine groups is 1. The second kappa shape index (κ2) is 10.2. The number of ether oxygens (including phenoxy) is 1. The molecule has 8 heteroatoms. The van der Waals surface area contributed by atoms with Crippen molar-refractivity contribution in [2.24, 2.45) is 11.8 Å². The molecule has 168 valence electrons. The predicted molar refractivity (Wildman–Crippen MR) is 121 cm³/mol. The van der Waals surface area contributed by atoms with E-state index in [2.05, 4.69) is 29.5 Å². The molecule has 7 nitrogen and oxygen atoms in total. The smallest absolute Gasteiger partial charge is 0.260 e. The van der Waals surface area contributed by atoms with Crippen molar-refractivity contribution in [1.29, 1.82) is 5.41 Å². The fourth-order valence-electron chi connectivity index (χ4n) is 3.99. The lowest BCUT2D eigenvalue weighted by Gasteiger charge is -2.39. The topological polar surface area (TPSA) is 90.3 Å². The number of hydrogen-bond acceptors (Lipinski definition) is 6. The molecule has 0 aliphatic carbocycles. The number of carbonyl (C=O) groups excluding carboxylic acids is 1. The summed E-state index contributed by atoms with van der Waals surface area (Å²) in [5.41, 5.74) is 0.866. The van der Waals surface area contributed by atoms with Crippen molar-refractivity contribution in [3.05, 3.63) is 35.6 Å². The molecule has 1 aromatic heterocycles. The Balaban J connectivity index is 1.89. The van der Waals surface area contributed by atoms with Gasteiger partial charge in [0.15, 0.2) is 0 Å². The predicted octanol–water partition coefficient (Wildman–Crippen LogP) is 3.19. The monoisotopic (exact) mass is 429 g/mol. The number of fused-ring (bicyclic) bond motifs is 1. The van der Waals surface area contributed by atoms with E-state index in [0.29, 0.717) is 47.2 Å². The highest BCUT2D eigenvalue weighted by molar-refractivity contribution is 6.09. The molecule has 0 saturated carbocycles. The number of halogens is 1. The Morgan fingerprint density at radius 2 is 2.16 bits per heavy atom. The fourth-order valence-corrected chi connectivity index (χ4v) is 3.99. The number of benzene rings is 1. The van der Waals surface area contributed by atoms with Crippen LogP contribution in [0, 0.1) is 23.1 Å². The van der Waals surface area contributed by atoms with Gasteiger partial charge >= 0.3 is 0 Å². The molecule has 0 radical (unpaired) electrons. The van der Waals surface area contributed by atoms with Crippen LogP contribution in [0.4, 0.5) is 10.2 Å². The summed E-state index contributed by atoms with van der Waals surface area (Å²) in [5, 5.41) is 14.4. The van der Waals surface area contributed by atoms with Gasteiger partial charge in [-0.3, -0.25) is 10.2 Å². The standard InChI is InChI=1S/C23H32FN5O2/c1-14(2)11-26-12-17-7-8-29(13-21(17)31-4)22-19(23(30)27-15(3)25)9-16-5-6-18(24)10-20(16)28-22/h5-6,9-10,14,17,21,26H,7-8,11-13H2,1-4H3,(H2,25,27,30)/t17?,21-/m0/s1. The van der Waals surface area contributed by atoms with E-state index in [4.69, 9.17) is 10.1 Å². The summed E-state index contributed by atoms with van der Waals surface area (Å²) in [4.78, 5) is 19.5. The van der Waals surface area contributed by atoms with Crippen LogP contribution in [0.25, 0.3) is 10.9 Å². The molecule has 1 saturated heterocycles. The molecule has 1 aliphatic heterocycles. The Hall–Kier alpha value is -2.58. The molecule has 2 aromatic rings. The molecule has 3 rings (SSSR count). The summed E-state index contributed by atoms with van der Waals surface area (Å²) in [6.45, 7) is 9.01. The maximum absolute atomic E-state index is 13.8. The zero-order valence-electron chi connectivity index (χ0n) is 18.7. The number of nitrogens with one attached hydrogen (secondary N) is 3. The number of pyridine rings is 1. The molecule has 0 bridgehead atoms. The van der Waals surface area contributed by atoms with Gasteiger partial charge in [0.05, 0.1) is 23.0 Å². The molecular formula is C23H32FN5O2. The normalized spacial score (nSPS) is 19.1. The number of nitrogens with zero attached hydrogens (tertiary/aromatic N) is 2. The summed E-state index contributed by atoms with van der Waals surface area (Å²) < 4.78 is 19.6. The average molecular weight is 430 g/mol. The highest BCUT2D eigenvalue weighted by atomic mass is 19.1. The van der Waals surface area contributed by atoms with Gasteiger partial charge in [-0.2, -0.15) is 0 Å². The van der Waals surface area contributed by atoms with Gasteiger partial charge in [-0.05, 0) is 44.0 Å². The second-order valence-corrected chi connectivity index (χ2v) is 8.60. The lowest BCUT2D eigenvalue weighted by molar-refractivity contribution is 0.0421. The first-order chi connectivity index (χ1) is 14.8. The van der Waals surface area contributed by atoms with Gasteiger partial charge < -0.3 is 20.3 Å². The molecule has 1 aliphatic rings. The fraction of sp³-hybridized carbons (Fsp3) is 0.522. The van der Waals surface area contributed by atoms with Crippen molar-refractivity contribution in [1.82, 2.24) is 15.6 Å². The number of amides is 1. The Bertz CT molecular complexity index is 949. The molecule has 2 heterocycles. The van der Waals surface area contributed by atoms with Crippen LogP contribution in [0.2, 0.25) is 0 Å². The third-order valence-corrected chi connectivity index (χ3v) is 5.56. The van der Waals surface area contributed by atoms with E-state index in [-0.39, 0.29) is 17.8 Å². The van der Waals surface area contributed by atoms with Crippen LogP contribution in [0.3, 0.4) is 0 Å². The lowest BCUT2D eigenvalue weighted by Crippen LogP contribution is -2.49. The number of hydrogen-bond donors (Lipinski definition) is 3. The van der Waals surface area contributed by atoms with Crippen LogP contribution < -0.4 is 15.5 Å². The third-order valence-electron chi connectivity index (χ3n) is 5.56. The van der Waals surface area contributed by atoms with Gasteiger partial charge in [0, 0.05) is 44.1 Å². The Labute approximate surface area is 182 Å². The lowest BCUT2D eigenvalue weighted by atomic mass is 9.93. The Morgan fingerprint density at radius 3 is 2.84 bits per heavy atom. The molecule has 1 amide bonds. The van der Waals surface area contributed by atoms with Crippen molar-refractivity contribution in [3.8, 4) is 0 Å². The first kappa shape index (κ1) is 23.1. The van der Waals surface area contributed by atoms with E-state index in [1.54, 1.807) is 19.2 Å². The van der Waals surface area contributed by atoms with Crippen molar-refractivity contribution in [2.75, 3.05) is 38.2 Å². The largest absolute Gasteiger partial charge is 0.379 e. The van der Waals surface area contributed by atoms with Crippen molar-refractivity contribution in [2.45, 2.75) is 33.3 Å². The summed E-state index contributed by atoms with van der Waals surface area (Å²) in [5.74, 6) is 0.729. The second-order valence-electron chi connectivity index (χ2n) is 8.60. The minimum Gasteiger partial charge on any atom is -0.379 e. The zero-order chi connectivity index (χ0) is 22.5. The van der Waals surface area contributed by atoms with Crippen molar-refractivity contribution >= 4 is 28.5 Å². The van der Waals surface area contributed by atoms with E-state index < -0.39 is 5.91 Å². The van der Waals surface area contributed by atoms with Crippen LogP contribution in [-0.4, -0.2) is 56.1 Å². The van der Waals surface area contributed by atoms with Crippen LogP contribution in [0.15, 0.2) is 24.3 Å². The quantitative estimate of drug-likeness (QED) is 0.465. The van der Waals surface area contributed by atoms with Gasteiger partial charge in [-0.25, -0.2) is 9.37 Å². The molecule has 1 aromatic carbocycles. The summed E-state index contributed by atoms with van der Waals surface area (Å²) in [6.07, 6.45) is 0.871. The molecule has 3 N–H and O–H groups in total. The number of piperidine rings is 1. The van der Waals surface area contributed by atoms with E-state index in [9.17, 15) is 9.18 Å². The molecule has 0 spiro atoms. The molecular weight excluding hydrogens is 397 g/mol. The van der Waals surface area contributed by atoms with Crippen LogP contribution in [-0.2, 0) is 4.74 Å². The van der Waals surface area contributed by atoms with Gasteiger partial charge in [0.1, 0.15) is 11.6 Å². The number of rotatable bonds is 7. The van der Waals surface area contributed by atoms with Crippen LogP contribution >= 0.6 is 0 Å². The number of methoxy groups -OCH3 is 1. The molecule has 31 heavy (non-hydrogen) atoms. The van der Waals surface area contributed by atoms with Gasteiger partial charge in [-0.1, -0.05) is 13.8 Å². The van der Waals surface area contributed by atoms with Crippen molar-refractivity contribution < 1.29 is 13.9 Å². The highest BCUT2D eigenvalue weighted by Crippen LogP contribution is 2.29. The number of carbonyl (C=O) groups is 1. The SMILES string of the molecule is CO[C@H]1CN(c2nc3cc(F)ccc3cc2C(=O)NC(C)=N)CCC1CNCC(C)C.